The number of hydrogen-bond donors (Lipinski definition) is 1. The van der Waals surface area contributed by atoms with E-state index in [-0.39, 0.29) is 11.5 Å². The molecule has 1 rings (SSSR count). The quantitative estimate of drug-likeness (QED) is 0.610. The van der Waals surface area contributed by atoms with Crippen molar-refractivity contribution >= 4 is 5.78 Å². The molecule has 1 aliphatic carbocycles. The monoisotopic (exact) mass is 150 g/mol. The van der Waals surface area contributed by atoms with E-state index in [0.717, 1.165) is 11.1 Å². The van der Waals surface area contributed by atoms with Crippen molar-refractivity contribution in [1.82, 2.24) is 0 Å². The average molecular weight is 150 g/mol. The number of carbonyl (C=O) groups is 1. The molecular formula is C9H10O2. The second-order valence-corrected chi connectivity index (χ2v) is 2.56. The Kier molecular flexibility index (Phi) is 1.94. The van der Waals surface area contributed by atoms with Crippen LogP contribution >= 0.6 is 0 Å². The zero-order valence-electron chi connectivity index (χ0n) is 6.42. The van der Waals surface area contributed by atoms with Crippen LogP contribution < -0.4 is 0 Å². The van der Waals surface area contributed by atoms with Gasteiger partial charge in [-0.15, -0.1) is 0 Å². The zero-order valence-corrected chi connectivity index (χ0v) is 6.42. The van der Waals surface area contributed by atoms with E-state index >= 15 is 0 Å². The molecule has 11 heavy (non-hydrogen) atoms. The maximum atomic E-state index is 10.8. The van der Waals surface area contributed by atoms with Crippen molar-refractivity contribution < 1.29 is 9.90 Å². The minimum atomic E-state index is 0.0532. The maximum absolute atomic E-state index is 10.8. The second-order valence-electron chi connectivity index (χ2n) is 2.56. The number of aliphatic hydroxyl groups is 1. The van der Waals surface area contributed by atoms with Crippen molar-refractivity contribution in [2.45, 2.75) is 13.3 Å². The molecule has 1 aliphatic rings. The molecule has 0 amide bonds. The molecule has 2 heteroatoms. The Balaban J connectivity index is 2.66. The summed E-state index contributed by atoms with van der Waals surface area (Å²) < 4.78 is 0. The minimum absolute atomic E-state index is 0.0532. The topological polar surface area (TPSA) is 37.3 Å². The van der Waals surface area contributed by atoms with Crippen LogP contribution in [0.1, 0.15) is 13.3 Å². The fourth-order valence-electron chi connectivity index (χ4n) is 0.964. The number of ketones is 1. The molecule has 1 N–H and O–H groups in total. The van der Waals surface area contributed by atoms with E-state index in [1.54, 1.807) is 12.2 Å². The molecule has 0 saturated heterocycles. The van der Waals surface area contributed by atoms with Gasteiger partial charge in [0.05, 0.1) is 0 Å². The molecule has 0 aromatic rings. The smallest absolute Gasteiger partial charge is 0.156 e. The van der Waals surface area contributed by atoms with Crippen LogP contribution in [-0.2, 0) is 4.79 Å². The number of rotatable bonds is 2. The van der Waals surface area contributed by atoms with E-state index in [1.807, 2.05) is 0 Å². The van der Waals surface area contributed by atoms with Crippen molar-refractivity contribution in [2.75, 3.05) is 0 Å². The third-order valence-electron chi connectivity index (χ3n) is 1.69. The summed E-state index contributed by atoms with van der Waals surface area (Å²) in [5.74, 6) is 0.106. The average Bonchev–Trinajstić information content (AvgIpc) is 2.33. The summed E-state index contributed by atoms with van der Waals surface area (Å²) in [5, 5.41) is 8.94. The Morgan fingerprint density at radius 1 is 1.55 bits per heavy atom. The Hall–Kier alpha value is -1.31. The van der Waals surface area contributed by atoms with Crippen molar-refractivity contribution in [2.24, 2.45) is 0 Å². The number of aliphatic hydroxyl groups excluding tert-OH is 1. The van der Waals surface area contributed by atoms with Gasteiger partial charge in [0.1, 0.15) is 5.76 Å². The first-order valence-electron chi connectivity index (χ1n) is 3.40. The van der Waals surface area contributed by atoms with Crippen LogP contribution in [0.3, 0.4) is 0 Å². The van der Waals surface area contributed by atoms with Gasteiger partial charge in [-0.1, -0.05) is 18.7 Å². The second kappa shape index (κ2) is 2.74. The predicted octanol–water partition coefficient (Wildman–Crippen LogP) is 1.90. The van der Waals surface area contributed by atoms with E-state index in [9.17, 15) is 4.79 Å². The van der Waals surface area contributed by atoms with Crippen LogP contribution in [0.15, 0.2) is 35.6 Å². The SMILES string of the molecule is C=C(O)C1=CC=C(C(C)=O)C1. The molecule has 0 bridgehead atoms. The number of carbonyl (C=O) groups excluding carboxylic acids is 1. The molecule has 0 atom stereocenters. The number of allylic oxidation sites excluding steroid dienone is 4. The first kappa shape index (κ1) is 7.79. The Bertz CT molecular complexity index is 241. The lowest BCUT2D eigenvalue weighted by molar-refractivity contribution is -0.113. The van der Waals surface area contributed by atoms with Crippen molar-refractivity contribution in [3.63, 3.8) is 0 Å². The van der Waals surface area contributed by atoms with Crippen LogP contribution in [0.25, 0.3) is 0 Å². The van der Waals surface area contributed by atoms with Gasteiger partial charge in [-0.05, 0) is 18.1 Å². The van der Waals surface area contributed by atoms with Gasteiger partial charge in [0.25, 0.3) is 0 Å². The molecule has 0 aromatic heterocycles. The largest absolute Gasteiger partial charge is 0.508 e. The van der Waals surface area contributed by atoms with E-state index in [4.69, 9.17) is 5.11 Å². The van der Waals surface area contributed by atoms with E-state index < -0.39 is 0 Å². The summed E-state index contributed by atoms with van der Waals surface area (Å²) in [4.78, 5) is 10.8. The highest BCUT2D eigenvalue weighted by Crippen LogP contribution is 2.23. The highest BCUT2D eigenvalue weighted by molar-refractivity contribution is 5.95. The lowest BCUT2D eigenvalue weighted by Crippen LogP contribution is -1.94. The fourth-order valence-corrected chi connectivity index (χ4v) is 0.964. The van der Waals surface area contributed by atoms with Gasteiger partial charge in [0, 0.05) is 6.42 Å². The molecule has 0 heterocycles. The lowest BCUT2D eigenvalue weighted by atomic mass is 10.1. The van der Waals surface area contributed by atoms with Gasteiger partial charge in [0.2, 0.25) is 0 Å². The molecule has 0 saturated carbocycles. The lowest BCUT2D eigenvalue weighted by Gasteiger charge is -1.98. The summed E-state index contributed by atoms with van der Waals surface area (Å²) in [6.45, 7) is 4.89. The Morgan fingerprint density at radius 2 is 2.09 bits per heavy atom. The molecule has 0 aliphatic heterocycles. The number of Topliss-reactive ketones (excluding diaryl/α,β-unsaturated/α-hetero) is 1. The van der Waals surface area contributed by atoms with Gasteiger partial charge in [-0.25, -0.2) is 0 Å². The molecule has 0 aromatic carbocycles. The summed E-state index contributed by atoms with van der Waals surface area (Å²) >= 11 is 0. The van der Waals surface area contributed by atoms with Crippen molar-refractivity contribution in [3.05, 3.63) is 35.6 Å². The summed E-state index contributed by atoms with van der Waals surface area (Å²) in [6.07, 6.45) is 3.96. The fraction of sp³-hybridized carbons (Fsp3) is 0.222. The Labute approximate surface area is 65.5 Å². The van der Waals surface area contributed by atoms with E-state index in [2.05, 4.69) is 6.58 Å². The minimum Gasteiger partial charge on any atom is -0.508 e. The molecule has 58 valence electrons. The van der Waals surface area contributed by atoms with Crippen molar-refractivity contribution in [3.8, 4) is 0 Å². The zero-order chi connectivity index (χ0) is 8.43. The molecule has 2 nitrogen and oxygen atoms in total. The summed E-state index contributed by atoms with van der Waals surface area (Å²) in [6, 6.07) is 0. The predicted molar refractivity (Wildman–Crippen MR) is 43.2 cm³/mol. The van der Waals surface area contributed by atoms with Crippen LogP contribution in [-0.4, -0.2) is 10.9 Å². The van der Waals surface area contributed by atoms with Crippen LogP contribution in [0.4, 0.5) is 0 Å². The summed E-state index contributed by atoms with van der Waals surface area (Å²) in [7, 11) is 0. The first-order chi connectivity index (χ1) is 5.11. The van der Waals surface area contributed by atoms with Gasteiger partial charge < -0.3 is 5.11 Å². The number of hydrogen-bond acceptors (Lipinski definition) is 2. The van der Waals surface area contributed by atoms with Crippen molar-refractivity contribution in [1.29, 1.82) is 0 Å². The van der Waals surface area contributed by atoms with Gasteiger partial charge in [-0.3, -0.25) is 4.79 Å². The normalized spacial score (nSPS) is 15.7. The van der Waals surface area contributed by atoms with E-state index in [0.29, 0.717) is 6.42 Å². The van der Waals surface area contributed by atoms with Crippen LogP contribution in [0.2, 0.25) is 0 Å². The highest BCUT2D eigenvalue weighted by atomic mass is 16.3. The van der Waals surface area contributed by atoms with Crippen LogP contribution in [0.5, 0.6) is 0 Å². The van der Waals surface area contributed by atoms with Gasteiger partial charge in [0.15, 0.2) is 5.78 Å². The van der Waals surface area contributed by atoms with Crippen LogP contribution in [0, 0.1) is 0 Å². The third-order valence-corrected chi connectivity index (χ3v) is 1.69. The molecule has 0 radical (unpaired) electrons. The maximum Gasteiger partial charge on any atom is 0.156 e. The highest BCUT2D eigenvalue weighted by Gasteiger charge is 2.12. The molecule has 0 spiro atoms. The molecule has 0 fully saturated rings. The Morgan fingerprint density at radius 3 is 2.36 bits per heavy atom. The van der Waals surface area contributed by atoms with Gasteiger partial charge in [-0.2, -0.15) is 0 Å². The van der Waals surface area contributed by atoms with E-state index in [1.165, 1.54) is 6.92 Å². The standard InChI is InChI=1S/C9H10O2/c1-6(10)8-3-4-9(5-8)7(2)11/h3-4,10H,1,5H2,2H3. The third kappa shape index (κ3) is 1.58. The first-order valence-corrected chi connectivity index (χ1v) is 3.40. The molecular weight excluding hydrogens is 140 g/mol. The molecule has 0 unspecified atom stereocenters. The van der Waals surface area contributed by atoms with Gasteiger partial charge >= 0.3 is 0 Å². The summed E-state index contributed by atoms with van der Waals surface area (Å²) in [5.41, 5.74) is 1.46.